The van der Waals surface area contributed by atoms with Crippen LogP contribution in [0.25, 0.3) is 0 Å². The summed E-state index contributed by atoms with van der Waals surface area (Å²) in [5, 5.41) is 11.8. The molecule has 8 rings (SSSR count). The number of likely N-dealkylation sites (N-methyl/N-ethyl adjacent to an activating group) is 2. The van der Waals surface area contributed by atoms with Crippen LogP contribution in [0.1, 0.15) is 45.5 Å². The molecule has 4 aliphatic rings. The normalized spacial score (nSPS) is 19.0. The molecule has 9 heteroatoms. The quantitative estimate of drug-likeness (QED) is 0.258. The van der Waals surface area contributed by atoms with Gasteiger partial charge in [-0.1, -0.05) is 18.2 Å². The molecule has 0 unspecified atom stereocenters. The van der Waals surface area contributed by atoms with Crippen LogP contribution in [0.5, 0.6) is 51.7 Å². The fraction of sp³-hybridized carbons (Fsp3) is 0.368. The second kappa shape index (κ2) is 12.5. The van der Waals surface area contributed by atoms with Crippen LogP contribution < -0.4 is 28.4 Å². The van der Waals surface area contributed by atoms with Gasteiger partial charge in [0.15, 0.2) is 34.5 Å². The Morgan fingerprint density at radius 3 is 2.09 bits per heavy atom. The Labute approximate surface area is 276 Å². The van der Waals surface area contributed by atoms with E-state index in [1.807, 2.05) is 30.3 Å². The first-order chi connectivity index (χ1) is 22.8. The molecule has 0 fully saturated rings. The van der Waals surface area contributed by atoms with Gasteiger partial charge in [0.05, 0.1) is 28.4 Å². The number of hydrogen-bond donors (Lipinski definition) is 1. The average Bonchev–Trinajstić information content (AvgIpc) is 3.08. The molecule has 1 N–H and O–H groups in total. The van der Waals surface area contributed by atoms with Gasteiger partial charge in [-0.05, 0) is 98.4 Å². The molecule has 47 heavy (non-hydrogen) atoms. The first-order valence-electron chi connectivity index (χ1n) is 16.1. The summed E-state index contributed by atoms with van der Waals surface area (Å²) in [7, 11) is 10.8. The highest BCUT2D eigenvalue weighted by Crippen LogP contribution is 2.54. The molecule has 2 atom stereocenters. The summed E-state index contributed by atoms with van der Waals surface area (Å²) in [5.41, 5.74) is 6.39. The summed E-state index contributed by atoms with van der Waals surface area (Å²) in [5.74, 6) is 4.40. The molecule has 0 radical (unpaired) electrons. The van der Waals surface area contributed by atoms with Crippen molar-refractivity contribution in [3.63, 3.8) is 0 Å². The molecule has 4 heterocycles. The first kappa shape index (κ1) is 31.0. The minimum Gasteiger partial charge on any atom is -0.502 e. The smallest absolute Gasteiger partial charge is 0.204 e. The summed E-state index contributed by atoms with van der Waals surface area (Å²) in [6, 6.07) is 18.3. The fourth-order valence-corrected chi connectivity index (χ4v) is 7.38. The summed E-state index contributed by atoms with van der Waals surface area (Å²) in [4.78, 5) is 4.68. The Morgan fingerprint density at radius 2 is 1.36 bits per heavy atom. The summed E-state index contributed by atoms with van der Waals surface area (Å²) in [6.07, 6.45) is 2.94. The lowest BCUT2D eigenvalue weighted by atomic mass is 9.86. The number of phenolic OH excluding ortho intramolecular Hbond substituents is 1. The van der Waals surface area contributed by atoms with Crippen molar-refractivity contribution in [1.82, 2.24) is 9.80 Å². The second-order valence-electron chi connectivity index (χ2n) is 12.6. The highest BCUT2D eigenvalue weighted by Gasteiger charge is 2.36. The molecule has 0 saturated heterocycles. The lowest BCUT2D eigenvalue weighted by Gasteiger charge is -2.38. The molecule has 0 saturated carbocycles. The van der Waals surface area contributed by atoms with Gasteiger partial charge in [0.1, 0.15) is 5.75 Å². The fourth-order valence-electron chi connectivity index (χ4n) is 7.38. The lowest BCUT2D eigenvalue weighted by Crippen LogP contribution is -2.34. The van der Waals surface area contributed by atoms with Crippen LogP contribution in [-0.2, 0) is 25.7 Å². The van der Waals surface area contributed by atoms with Gasteiger partial charge in [0.25, 0.3) is 0 Å². The third-order valence-corrected chi connectivity index (χ3v) is 9.97. The van der Waals surface area contributed by atoms with E-state index in [1.165, 1.54) is 5.56 Å². The summed E-state index contributed by atoms with van der Waals surface area (Å²) < 4.78 is 36.7. The molecule has 8 bridgehead atoms. The van der Waals surface area contributed by atoms with Crippen molar-refractivity contribution < 1.29 is 33.5 Å². The topological polar surface area (TPSA) is 82.1 Å². The van der Waals surface area contributed by atoms with E-state index >= 15 is 0 Å². The van der Waals surface area contributed by atoms with Gasteiger partial charge in [-0.15, -0.1) is 0 Å². The number of ether oxygens (including phenoxy) is 6. The maximum atomic E-state index is 11.8. The third kappa shape index (κ3) is 5.47. The third-order valence-electron chi connectivity index (χ3n) is 9.97. The van der Waals surface area contributed by atoms with Crippen molar-refractivity contribution in [2.75, 3.05) is 55.6 Å². The second-order valence-corrected chi connectivity index (χ2v) is 12.6. The number of benzene rings is 4. The maximum Gasteiger partial charge on any atom is 0.204 e. The van der Waals surface area contributed by atoms with Gasteiger partial charge in [-0.3, -0.25) is 9.80 Å². The van der Waals surface area contributed by atoms with Crippen LogP contribution >= 0.6 is 0 Å². The Hall–Kier alpha value is -4.60. The highest BCUT2D eigenvalue weighted by atomic mass is 16.5. The van der Waals surface area contributed by atoms with E-state index in [0.717, 1.165) is 65.9 Å². The number of hydrogen-bond acceptors (Lipinski definition) is 9. The zero-order valence-corrected chi connectivity index (χ0v) is 27.9. The van der Waals surface area contributed by atoms with Gasteiger partial charge >= 0.3 is 0 Å². The SMILES string of the molecule is COc1ccc2cc1Oc1ccc(cc1)C[C@@H]1c3cc(OC)c(OC)c(c3CCN1C)Oc1c(O)c(OC)cc3c1[C@H](C2)N(C)CC3. The number of methoxy groups -OCH3 is 4. The molecule has 246 valence electrons. The van der Waals surface area contributed by atoms with Crippen LogP contribution in [0.3, 0.4) is 0 Å². The summed E-state index contributed by atoms with van der Waals surface area (Å²) >= 11 is 0. The van der Waals surface area contributed by atoms with Gasteiger partial charge in [0, 0.05) is 36.3 Å². The molecule has 4 aliphatic heterocycles. The number of fused-ring (bicyclic) bond motifs is 2. The Balaban J connectivity index is 1.50. The molecular weight excluding hydrogens is 596 g/mol. The van der Waals surface area contributed by atoms with Gasteiger partial charge in [-0.25, -0.2) is 0 Å². The van der Waals surface area contributed by atoms with E-state index in [-0.39, 0.29) is 17.8 Å². The molecule has 9 nitrogen and oxygen atoms in total. The number of aromatic hydroxyl groups is 1. The van der Waals surface area contributed by atoms with E-state index < -0.39 is 0 Å². The van der Waals surface area contributed by atoms with Crippen LogP contribution in [0, 0.1) is 0 Å². The number of rotatable bonds is 4. The standard InChI is InChI=1S/C38H42N2O7/c1-39-16-14-26-27-21-33(44-5)37(45-6)36(26)47-38-34-24(20-32(43-4)35(38)41)13-15-40(2)29(34)18-23-9-12-30(42-3)31(19-23)46-25-10-7-22(8-11-25)17-28(27)39/h7-12,19-21,28-29,41H,13-18H2,1-6H3/t28-,29+/m1/s1. The maximum absolute atomic E-state index is 11.8. The number of nitrogens with zero attached hydrogens (tertiary/aromatic N) is 2. The van der Waals surface area contributed by atoms with Crippen molar-refractivity contribution in [1.29, 1.82) is 0 Å². The van der Waals surface area contributed by atoms with Crippen molar-refractivity contribution >= 4 is 0 Å². The Morgan fingerprint density at radius 1 is 0.681 bits per heavy atom. The minimum absolute atomic E-state index is 0.0395. The van der Waals surface area contributed by atoms with E-state index in [9.17, 15) is 5.11 Å². The van der Waals surface area contributed by atoms with E-state index in [1.54, 1.807) is 28.4 Å². The van der Waals surface area contributed by atoms with Crippen molar-refractivity contribution in [3.05, 3.63) is 88.0 Å². The molecule has 0 amide bonds. The first-order valence-corrected chi connectivity index (χ1v) is 16.1. The predicted molar refractivity (Wildman–Crippen MR) is 179 cm³/mol. The predicted octanol–water partition coefficient (Wildman–Crippen LogP) is 6.87. The lowest BCUT2D eigenvalue weighted by molar-refractivity contribution is 0.217. The highest BCUT2D eigenvalue weighted by molar-refractivity contribution is 5.66. The van der Waals surface area contributed by atoms with Crippen LogP contribution in [0.2, 0.25) is 0 Å². The molecule has 0 aromatic heterocycles. The van der Waals surface area contributed by atoms with E-state index in [4.69, 9.17) is 28.4 Å². The van der Waals surface area contributed by atoms with Gasteiger partial charge < -0.3 is 33.5 Å². The Kier molecular flexibility index (Phi) is 8.28. The molecule has 4 aromatic carbocycles. The largest absolute Gasteiger partial charge is 0.502 e. The minimum atomic E-state index is -0.115. The Bertz CT molecular complexity index is 1810. The van der Waals surface area contributed by atoms with Crippen LogP contribution in [0.15, 0.2) is 54.6 Å². The van der Waals surface area contributed by atoms with Crippen molar-refractivity contribution in [3.8, 4) is 51.7 Å². The van der Waals surface area contributed by atoms with Crippen LogP contribution in [-0.4, -0.2) is 70.5 Å². The van der Waals surface area contributed by atoms with Crippen molar-refractivity contribution in [2.24, 2.45) is 0 Å². The molecule has 4 aromatic rings. The van der Waals surface area contributed by atoms with Gasteiger partial charge in [-0.2, -0.15) is 0 Å². The monoisotopic (exact) mass is 638 g/mol. The van der Waals surface area contributed by atoms with E-state index in [2.05, 4.69) is 48.2 Å². The zero-order valence-electron chi connectivity index (χ0n) is 27.9. The van der Waals surface area contributed by atoms with E-state index in [0.29, 0.717) is 46.7 Å². The van der Waals surface area contributed by atoms with Crippen LogP contribution in [0.4, 0.5) is 0 Å². The van der Waals surface area contributed by atoms with Crippen molar-refractivity contribution in [2.45, 2.75) is 37.8 Å². The average molecular weight is 639 g/mol. The molecule has 0 aliphatic carbocycles. The van der Waals surface area contributed by atoms with Gasteiger partial charge in [0.2, 0.25) is 11.5 Å². The molecular formula is C38H42N2O7. The number of phenols is 1. The molecule has 0 spiro atoms. The summed E-state index contributed by atoms with van der Waals surface area (Å²) in [6.45, 7) is 1.66. The zero-order chi connectivity index (χ0) is 32.8.